The van der Waals surface area contributed by atoms with E-state index in [1.165, 1.54) is 18.9 Å². The summed E-state index contributed by atoms with van der Waals surface area (Å²) < 4.78 is 14.0. The van der Waals surface area contributed by atoms with Gasteiger partial charge in [-0.05, 0) is 37.8 Å². The molecule has 0 aromatic carbocycles. The molecule has 2 aromatic rings. The fourth-order valence-electron chi connectivity index (χ4n) is 3.85. The topological polar surface area (TPSA) is 45.2 Å². The molecule has 120 valence electrons. The summed E-state index contributed by atoms with van der Waals surface area (Å²) in [6.45, 7) is 4.67. The van der Waals surface area contributed by atoms with Crippen molar-refractivity contribution in [1.29, 1.82) is 0 Å². The van der Waals surface area contributed by atoms with Gasteiger partial charge in [-0.1, -0.05) is 6.07 Å². The molecular weight excluding hydrogens is 293 g/mol. The molecule has 4 heterocycles. The van der Waals surface area contributed by atoms with E-state index in [2.05, 4.69) is 32.0 Å². The van der Waals surface area contributed by atoms with Crippen molar-refractivity contribution in [3.63, 3.8) is 0 Å². The van der Waals surface area contributed by atoms with Gasteiger partial charge >= 0.3 is 0 Å². The molecule has 5 nitrogen and oxygen atoms in total. The molecule has 0 saturated carbocycles. The Labute approximate surface area is 135 Å². The maximum absolute atomic E-state index is 14.0. The molecule has 0 spiro atoms. The molecular formula is C17H20FN5. The Kier molecular flexibility index (Phi) is 3.59. The minimum absolute atomic E-state index is 0.343. The van der Waals surface area contributed by atoms with E-state index in [1.54, 1.807) is 0 Å². The van der Waals surface area contributed by atoms with Gasteiger partial charge in [0.1, 0.15) is 12.1 Å². The van der Waals surface area contributed by atoms with Gasteiger partial charge in [0, 0.05) is 25.3 Å². The lowest BCUT2D eigenvalue weighted by Gasteiger charge is -2.39. The van der Waals surface area contributed by atoms with Gasteiger partial charge in [0.15, 0.2) is 11.6 Å². The largest absolute Gasteiger partial charge is 0.352 e. The summed E-state index contributed by atoms with van der Waals surface area (Å²) in [6.07, 6.45) is 4.90. The number of hydrogen-bond acceptors (Lipinski definition) is 5. The number of nitrogens with zero attached hydrogens (tertiary/aromatic N) is 5. The fourth-order valence-corrected chi connectivity index (χ4v) is 3.85. The highest BCUT2D eigenvalue weighted by molar-refractivity contribution is 5.46. The Morgan fingerprint density at radius 1 is 1.22 bits per heavy atom. The molecule has 2 atom stereocenters. The first kappa shape index (κ1) is 14.4. The van der Waals surface area contributed by atoms with Crippen LogP contribution < -0.4 is 9.80 Å². The van der Waals surface area contributed by atoms with Crippen molar-refractivity contribution in [2.24, 2.45) is 5.92 Å². The van der Waals surface area contributed by atoms with Gasteiger partial charge in [-0.25, -0.2) is 19.3 Å². The first-order valence-electron chi connectivity index (χ1n) is 8.13. The highest BCUT2D eigenvalue weighted by atomic mass is 19.1. The molecule has 0 N–H and O–H groups in total. The number of anilines is 2. The van der Waals surface area contributed by atoms with Crippen LogP contribution in [0.25, 0.3) is 0 Å². The fraction of sp³-hybridized carbons (Fsp3) is 0.471. The zero-order valence-electron chi connectivity index (χ0n) is 13.2. The number of halogens is 1. The highest BCUT2D eigenvalue weighted by Crippen LogP contribution is 2.35. The number of rotatable bonds is 2. The summed E-state index contributed by atoms with van der Waals surface area (Å²) in [4.78, 5) is 17.0. The molecule has 2 aliphatic rings. The van der Waals surface area contributed by atoms with Gasteiger partial charge in [-0.15, -0.1) is 0 Å². The third-order valence-corrected chi connectivity index (χ3v) is 4.98. The van der Waals surface area contributed by atoms with Crippen LogP contribution in [0.4, 0.5) is 16.0 Å². The second-order valence-corrected chi connectivity index (χ2v) is 6.38. The van der Waals surface area contributed by atoms with Crippen LogP contribution in [-0.2, 0) is 0 Å². The summed E-state index contributed by atoms with van der Waals surface area (Å²) in [6, 6.07) is 6.50. The Hall–Kier alpha value is -2.24. The van der Waals surface area contributed by atoms with E-state index in [-0.39, 0.29) is 5.82 Å². The van der Waals surface area contributed by atoms with Gasteiger partial charge in [0.2, 0.25) is 0 Å². The number of piperidine rings is 1. The average Bonchev–Trinajstić information content (AvgIpc) is 2.98. The van der Waals surface area contributed by atoms with Crippen LogP contribution in [0.2, 0.25) is 0 Å². The lowest BCUT2D eigenvalue weighted by atomic mass is 9.92. The summed E-state index contributed by atoms with van der Waals surface area (Å²) in [7, 11) is 0. The Morgan fingerprint density at radius 3 is 2.91 bits per heavy atom. The number of aromatic nitrogens is 3. The predicted molar refractivity (Wildman–Crippen MR) is 87.0 cm³/mol. The first-order valence-corrected chi connectivity index (χ1v) is 8.13. The zero-order chi connectivity index (χ0) is 15.8. The lowest BCUT2D eigenvalue weighted by Crippen LogP contribution is -2.49. The van der Waals surface area contributed by atoms with E-state index in [0.717, 1.165) is 37.6 Å². The Balaban J connectivity index is 1.59. The monoisotopic (exact) mass is 313 g/mol. The third kappa shape index (κ3) is 2.62. The third-order valence-electron chi connectivity index (χ3n) is 4.98. The summed E-state index contributed by atoms with van der Waals surface area (Å²) in [5, 5.41) is 0. The van der Waals surface area contributed by atoms with Crippen LogP contribution in [0.3, 0.4) is 0 Å². The quantitative estimate of drug-likeness (QED) is 0.852. The van der Waals surface area contributed by atoms with Crippen molar-refractivity contribution in [2.75, 3.05) is 29.4 Å². The smallest absolute Gasteiger partial charge is 0.183 e. The summed E-state index contributed by atoms with van der Waals surface area (Å²) in [5.41, 5.74) is 1.03. The molecule has 2 saturated heterocycles. The second-order valence-electron chi connectivity index (χ2n) is 6.38. The first-order chi connectivity index (χ1) is 11.2. The van der Waals surface area contributed by atoms with Gasteiger partial charge in [-0.2, -0.15) is 0 Å². The molecule has 2 fully saturated rings. The standard InChI is InChI=1S/C17H20FN5/c1-12-3-2-4-16(21-12)23-8-6-13-5-7-22(10-15(13)23)17-14(18)9-19-11-20-17/h2-4,9,11,13,15H,5-8,10H2,1H3. The van der Waals surface area contributed by atoms with E-state index in [1.807, 2.05) is 17.9 Å². The van der Waals surface area contributed by atoms with Gasteiger partial charge in [0.25, 0.3) is 0 Å². The molecule has 6 heteroatoms. The molecule has 2 aromatic heterocycles. The van der Waals surface area contributed by atoms with E-state index >= 15 is 0 Å². The predicted octanol–water partition coefficient (Wildman–Crippen LogP) is 2.42. The van der Waals surface area contributed by atoms with Crippen molar-refractivity contribution in [3.05, 3.63) is 42.2 Å². The molecule has 0 amide bonds. The van der Waals surface area contributed by atoms with Gasteiger partial charge in [-0.3, -0.25) is 0 Å². The van der Waals surface area contributed by atoms with Gasteiger partial charge < -0.3 is 9.80 Å². The van der Waals surface area contributed by atoms with Gasteiger partial charge in [0.05, 0.1) is 12.2 Å². The SMILES string of the molecule is Cc1cccc(N2CCC3CCN(c4ncncc4F)CC32)n1. The van der Waals surface area contributed by atoms with Crippen LogP contribution in [0, 0.1) is 18.7 Å². The molecule has 2 aliphatic heterocycles. The highest BCUT2D eigenvalue weighted by Gasteiger charge is 2.39. The van der Waals surface area contributed by atoms with Crippen LogP contribution in [0.15, 0.2) is 30.7 Å². The van der Waals surface area contributed by atoms with Crippen molar-refractivity contribution < 1.29 is 4.39 Å². The molecule has 0 radical (unpaired) electrons. The Morgan fingerprint density at radius 2 is 2.09 bits per heavy atom. The van der Waals surface area contributed by atoms with Crippen molar-refractivity contribution in [3.8, 4) is 0 Å². The van der Waals surface area contributed by atoms with Crippen LogP contribution in [-0.4, -0.2) is 40.6 Å². The lowest BCUT2D eigenvalue weighted by molar-refractivity contribution is 0.385. The number of hydrogen-bond donors (Lipinski definition) is 0. The van der Waals surface area contributed by atoms with Crippen LogP contribution in [0.5, 0.6) is 0 Å². The van der Waals surface area contributed by atoms with Crippen molar-refractivity contribution >= 4 is 11.6 Å². The van der Waals surface area contributed by atoms with E-state index in [4.69, 9.17) is 0 Å². The van der Waals surface area contributed by atoms with Crippen molar-refractivity contribution in [2.45, 2.75) is 25.8 Å². The van der Waals surface area contributed by atoms with Crippen LogP contribution >= 0.6 is 0 Å². The van der Waals surface area contributed by atoms with E-state index in [0.29, 0.717) is 17.8 Å². The maximum Gasteiger partial charge on any atom is 0.183 e. The van der Waals surface area contributed by atoms with E-state index < -0.39 is 0 Å². The maximum atomic E-state index is 14.0. The van der Waals surface area contributed by atoms with Crippen LogP contribution in [0.1, 0.15) is 18.5 Å². The molecule has 2 unspecified atom stereocenters. The minimum Gasteiger partial charge on any atom is -0.352 e. The minimum atomic E-state index is -0.343. The number of pyridine rings is 1. The molecule has 23 heavy (non-hydrogen) atoms. The average molecular weight is 313 g/mol. The zero-order valence-corrected chi connectivity index (χ0v) is 13.2. The van der Waals surface area contributed by atoms with E-state index in [9.17, 15) is 4.39 Å². The second kappa shape index (κ2) is 5.76. The normalized spacial score (nSPS) is 23.9. The summed E-state index contributed by atoms with van der Waals surface area (Å²) in [5.74, 6) is 1.76. The Bertz CT molecular complexity index is 707. The number of fused-ring (bicyclic) bond motifs is 1. The molecule has 4 rings (SSSR count). The summed E-state index contributed by atoms with van der Waals surface area (Å²) >= 11 is 0. The number of aryl methyl sites for hydroxylation is 1. The molecule has 0 aliphatic carbocycles. The molecule has 0 bridgehead atoms. The van der Waals surface area contributed by atoms with Crippen molar-refractivity contribution in [1.82, 2.24) is 15.0 Å².